The first kappa shape index (κ1) is 16.0. The lowest BCUT2D eigenvalue weighted by molar-refractivity contribution is 0.237. The lowest BCUT2D eigenvalue weighted by Gasteiger charge is -2.15. The Morgan fingerprint density at radius 3 is 2.73 bits per heavy atom. The molecule has 0 bridgehead atoms. The Kier molecular flexibility index (Phi) is 4.80. The highest BCUT2D eigenvalue weighted by Gasteiger charge is 2.17. The van der Waals surface area contributed by atoms with Crippen molar-refractivity contribution in [3.05, 3.63) is 52.6 Å². The molecule has 2 N–H and O–H groups in total. The minimum atomic E-state index is -0.310. The number of nitrogens with zero attached hydrogens (tertiary/aromatic N) is 2. The van der Waals surface area contributed by atoms with Crippen LogP contribution in [0.1, 0.15) is 35.5 Å². The van der Waals surface area contributed by atoms with Crippen molar-refractivity contribution >= 4 is 6.03 Å². The third-order valence-corrected chi connectivity index (χ3v) is 3.69. The molecule has 2 amide bonds. The van der Waals surface area contributed by atoms with Gasteiger partial charge in [0, 0.05) is 24.8 Å². The average Bonchev–Trinajstić information content (AvgIpc) is 2.70. The Bertz CT molecular complexity index is 681. The van der Waals surface area contributed by atoms with E-state index in [1.807, 2.05) is 27.8 Å². The topological polar surface area (TPSA) is 59.0 Å². The number of carbonyl (C=O) groups is 1. The summed E-state index contributed by atoms with van der Waals surface area (Å²) in [7, 11) is 1.88. The molecule has 1 aromatic heterocycles. The number of hydrogen-bond donors (Lipinski definition) is 2. The number of rotatable bonds is 4. The van der Waals surface area contributed by atoms with Crippen molar-refractivity contribution in [1.82, 2.24) is 20.4 Å². The van der Waals surface area contributed by atoms with E-state index >= 15 is 0 Å². The summed E-state index contributed by atoms with van der Waals surface area (Å²) in [5.41, 5.74) is 3.66. The molecule has 0 radical (unpaired) electrons. The monoisotopic (exact) mass is 304 g/mol. The fraction of sp³-hybridized carbons (Fsp3) is 0.375. The highest BCUT2D eigenvalue weighted by molar-refractivity contribution is 5.74. The van der Waals surface area contributed by atoms with Gasteiger partial charge in [0.2, 0.25) is 0 Å². The maximum absolute atomic E-state index is 13.1. The van der Waals surface area contributed by atoms with Crippen LogP contribution in [-0.2, 0) is 13.6 Å². The largest absolute Gasteiger partial charge is 0.334 e. The first-order valence-corrected chi connectivity index (χ1v) is 7.17. The van der Waals surface area contributed by atoms with Crippen LogP contribution in [0.3, 0.4) is 0 Å². The Labute approximate surface area is 129 Å². The zero-order valence-electron chi connectivity index (χ0n) is 13.3. The summed E-state index contributed by atoms with van der Waals surface area (Å²) in [6.45, 7) is 6.09. The molecular weight excluding hydrogens is 283 g/mol. The molecule has 6 heteroatoms. The summed E-state index contributed by atoms with van der Waals surface area (Å²) in [5, 5.41) is 9.95. The van der Waals surface area contributed by atoms with E-state index in [4.69, 9.17) is 0 Å². The predicted octanol–water partition coefficient (Wildman–Crippen LogP) is 2.74. The van der Waals surface area contributed by atoms with Gasteiger partial charge in [-0.05, 0) is 38.5 Å². The molecule has 1 aromatic carbocycles. The van der Waals surface area contributed by atoms with Crippen molar-refractivity contribution in [2.45, 2.75) is 33.4 Å². The van der Waals surface area contributed by atoms with Crippen LogP contribution >= 0.6 is 0 Å². The van der Waals surface area contributed by atoms with Gasteiger partial charge in [-0.1, -0.05) is 12.1 Å². The van der Waals surface area contributed by atoms with Crippen molar-refractivity contribution in [2.75, 3.05) is 0 Å². The molecule has 5 nitrogen and oxygen atoms in total. The number of carbonyl (C=O) groups excluding carboxylic acids is 1. The summed E-state index contributed by atoms with van der Waals surface area (Å²) < 4.78 is 14.9. The third kappa shape index (κ3) is 3.63. The fourth-order valence-corrected chi connectivity index (χ4v) is 2.57. The lowest BCUT2D eigenvalue weighted by atomic mass is 10.1. The van der Waals surface area contributed by atoms with E-state index in [-0.39, 0.29) is 24.4 Å². The van der Waals surface area contributed by atoms with Gasteiger partial charge in [0.1, 0.15) is 5.82 Å². The number of nitrogens with one attached hydrogen (secondary N) is 2. The number of halogens is 1. The average molecular weight is 304 g/mol. The molecule has 0 aliphatic heterocycles. The van der Waals surface area contributed by atoms with Crippen LogP contribution < -0.4 is 10.6 Å². The van der Waals surface area contributed by atoms with Gasteiger partial charge in [-0.25, -0.2) is 9.18 Å². The number of benzene rings is 1. The molecule has 0 fully saturated rings. The van der Waals surface area contributed by atoms with Gasteiger partial charge >= 0.3 is 6.03 Å². The highest BCUT2D eigenvalue weighted by atomic mass is 19.1. The summed E-state index contributed by atoms with van der Waals surface area (Å²) in [6.07, 6.45) is 0. The van der Waals surface area contributed by atoms with Crippen LogP contribution in [-0.4, -0.2) is 15.8 Å². The van der Waals surface area contributed by atoms with E-state index in [1.54, 1.807) is 16.8 Å². The second-order valence-electron chi connectivity index (χ2n) is 5.39. The molecule has 0 saturated carbocycles. The second kappa shape index (κ2) is 6.60. The Morgan fingerprint density at radius 1 is 1.41 bits per heavy atom. The van der Waals surface area contributed by atoms with Gasteiger partial charge in [-0.2, -0.15) is 5.10 Å². The van der Waals surface area contributed by atoms with Gasteiger partial charge in [0.25, 0.3) is 0 Å². The van der Waals surface area contributed by atoms with Crippen molar-refractivity contribution in [1.29, 1.82) is 0 Å². The van der Waals surface area contributed by atoms with E-state index in [0.717, 1.165) is 22.5 Å². The van der Waals surface area contributed by atoms with Crippen LogP contribution in [0.15, 0.2) is 24.3 Å². The van der Waals surface area contributed by atoms with Crippen LogP contribution in [0.5, 0.6) is 0 Å². The second-order valence-corrected chi connectivity index (χ2v) is 5.39. The Balaban J connectivity index is 1.94. The van der Waals surface area contributed by atoms with Gasteiger partial charge in [-0.15, -0.1) is 0 Å². The smallest absolute Gasteiger partial charge is 0.315 e. The highest BCUT2D eigenvalue weighted by Crippen LogP contribution is 2.20. The number of urea groups is 1. The molecule has 0 aliphatic rings. The SMILES string of the molecule is Cc1nn(C)c(C)c1[C@H](C)NC(=O)NCc1cccc(F)c1. The molecule has 0 spiro atoms. The molecule has 2 aromatic rings. The zero-order chi connectivity index (χ0) is 16.3. The normalized spacial score (nSPS) is 12.0. The Hall–Kier alpha value is -2.37. The van der Waals surface area contributed by atoms with Crippen LogP contribution in [0.4, 0.5) is 9.18 Å². The fourth-order valence-electron chi connectivity index (χ4n) is 2.57. The summed E-state index contributed by atoms with van der Waals surface area (Å²) in [6, 6.07) is 5.72. The van der Waals surface area contributed by atoms with Gasteiger partial charge < -0.3 is 10.6 Å². The van der Waals surface area contributed by atoms with Crippen molar-refractivity contribution in [3.63, 3.8) is 0 Å². The molecule has 0 aliphatic carbocycles. The van der Waals surface area contributed by atoms with Gasteiger partial charge in [0.15, 0.2) is 0 Å². The maximum atomic E-state index is 13.1. The van der Waals surface area contributed by atoms with E-state index in [9.17, 15) is 9.18 Å². The van der Waals surface area contributed by atoms with Crippen molar-refractivity contribution in [3.8, 4) is 0 Å². The minimum absolute atomic E-state index is 0.152. The first-order valence-electron chi connectivity index (χ1n) is 7.17. The standard InChI is InChI=1S/C16H21FN4O/c1-10(15-11(2)20-21(4)12(15)3)19-16(22)18-9-13-6-5-7-14(17)8-13/h5-8,10H,9H2,1-4H3,(H2,18,19,22)/t10-/m0/s1. The van der Waals surface area contributed by atoms with E-state index in [2.05, 4.69) is 15.7 Å². The number of aryl methyl sites for hydroxylation is 2. The molecule has 1 atom stereocenters. The molecule has 0 saturated heterocycles. The van der Waals surface area contributed by atoms with Gasteiger partial charge in [-0.3, -0.25) is 4.68 Å². The lowest BCUT2D eigenvalue weighted by Crippen LogP contribution is -2.37. The summed E-state index contributed by atoms with van der Waals surface area (Å²) >= 11 is 0. The number of aromatic nitrogens is 2. The number of amides is 2. The minimum Gasteiger partial charge on any atom is -0.334 e. The number of hydrogen-bond acceptors (Lipinski definition) is 2. The van der Waals surface area contributed by atoms with Gasteiger partial charge in [0.05, 0.1) is 11.7 Å². The van der Waals surface area contributed by atoms with Crippen molar-refractivity contribution in [2.24, 2.45) is 7.05 Å². The summed E-state index contributed by atoms with van der Waals surface area (Å²) in [4.78, 5) is 12.0. The molecular formula is C16H21FN4O. The molecule has 2 rings (SSSR count). The van der Waals surface area contributed by atoms with Crippen LogP contribution in [0.2, 0.25) is 0 Å². The third-order valence-electron chi connectivity index (χ3n) is 3.69. The maximum Gasteiger partial charge on any atom is 0.315 e. The summed E-state index contributed by atoms with van der Waals surface area (Å²) in [5.74, 6) is -0.310. The zero-order valence-corrected chi connectivity index (χ0v) is 13.3. The van der Waals surface area contributed by atoms with Crippen molar-refractivity contribution < 1.29 is 9.18 Å². The predicted molar refractivity (Wildman–Crippen MR) is 82.9 cm³/mol. The van der Waals surface area contributed by atoms with E-state index in [0.29, 0.717) is 0 Å². The van der Waals surface area contributed by atoms with E-state index in [1.165, 1.54) is 12.1 Å². The van der Waals surface area contributed by atoms with Crippen LogP contribution in [0, 0.1) is 19.7 Å². The molecule has 118 valence electrons. The van der Waals surface area contributed by atoms with Crippen LogP contribution in [0.25, 0.3) is 0 Å². The Morgan fingerprint density at radius 2 is 2.14 bits per heavy atom. The van der Waals surface area contributed by atoms with E-state index < -0.39 is 0 Å². The molecule has 22 heavy (non-hydrogen) atoms. The molecule has 0 unspecified atom stereocenters. The first-order chi connectivity index (χ1) is 10.4. The quantitative estimate of drug-likeness (QED) is 0.912. The molecule has 1 heterocycles.